The fourth-order valence-electron chi connectivity index (χ4n) is 3.10. The van der Waals surface area contributed by atoms with Gasteiger partial charge in [-0.15, -0.1) is 0 Å². The number of hydrogen-bond acceptors (Lipinski definition) is 4. The number of benzene rings is 2. The van der Waals surface area contributed by atoms with E-state index in [1.165, 1.54) is 0 Å². The van der Waals surface area contributed by atoms with Crippen molar-refractivity contribution in [2.45, 2.75) is 13.0 Å². The van der Waals surface area contributed by atoms with Crippen molar-refractivity contribution in [3.05, 3.63) is 59.9 Å². The summed E-state index contributed by atoms with van der Waals surface area (Å²) in [5.41, 5.74) is 8.85. The van der Waals surface area contributed by atoms with E-state index in [2.05, 4.69) is 4.98 Å². The number of amides is 1. The third-order valence-corrected chi connectivity index (χ3v) is 4.23. The van der Waals surface area contributed by atoms with Crippen LogP contribution >= 0.6 is 0 Å². The Balaban J connectivity index is 1.87. The Labute approximate surface area is 133 Å². The Morgan fingerprint density at radius 3 is 2.87 bits per heavy atom. The van der Waals surface area contributed by atoms with Crippen LogP contribution in [-0.2, 0) is 17.8 Å². The van der Waals surface area contributed by atoms with Crippen molar-refractivity contribution in [2.75, 3.05) is 10.6 Å². The average molecular weight is 305 g/mol. The Morgan fingerprint density at radius 1 is 1.17 bits per heavy atom. The third kappa shape index (κ3) is 2.17. The van der Waals surface area contributed by atoms with Crippen LogP contribution in [-0.4, -0.2) is 16.0 Å². The summed E-state index contributed by atoms with van der Waals surface area (Å²) < 4.78 is 0. The van der Waals surface area contributed by atoms with Crippen LogP contribution in [0.3, 0.4) is 0 Å². The zero-order valence-corrected chi connectivity index (χ0v) is 12.4. The second kappa shape index (κ2) is 4.98. The van der Waals surface area contributed by atoms with Gasteiger partial charge in [0.1, 0.15) is 5.75 Å². The second-order valence-electron chi connectivity index (χ2n) is 5.67. The summed E-state index contributed by atoms with van der Waals surface area (Å²) in [6.07, 6.45) is 1.88. The molecule has 5 nitrogen and oxygen atoms in total. The van der Waals surface area contributed by atoms with Gasteiger partial charge in [0.15, 0.2) is 0 Å². The first kappa shape index (κ1) is 13.6. The molecule has 1 amide bonds. The van der Waals surface area contributed by atoms with Crippen molar-refractivity contribution in [1.29, 1.82) is 0 Å². The lowest BCUT2D eigenvalue weighted by Crippen LogP contribution is -2.37. The fraction of sp³-hybridized carbons (Fsp3) is 0.111. The number of pyridine rings is 1. The van der Waals surface area contributed by atoms with Crippen LogP contribution < -0.4 is 10.6 Å². The second-order valence-corrected chi connectivity index (χ2v) is 5.67. The van der Waals surface area contributed by atoms with Crippen molar-refractivity contribution in [3.63, 3.8) is 0 Å². The van der Waals surface area contributed by atoms with Gasteiger partial charge in [0.25, 0.3) is 0 Å². The SMILES string of the molecule is Nc1ccnc2c1CC(=O)N(c1cc(O)cc3ccccc13)C2. The van der Waals surface area contributed by atoms with E-state index in [4.69, 9.17) is 5.73 Å². The van der Waals surface area contributed by atoms with Gasteiger partial charge in [0, 0.05) is 28.9 Å². The van der Waals surface area contributed by atoms with E-state index in [1.807, 2.05) is 24.3 Å². The molecule has 0 spiro atoms. The molecule has 3 aromatic rings. The van der Waals surface area contributed by atoms with Gasteiger partial charge in [-0.05, 0) is 17.5 Å². The molecule has 0 saturated heterocycles. The van der Waals surface area contributed by atoms with Gasteiger partial charge < -0.3 is 15.7 Å². The summed E-state index contributed by atoms with van der Waals surface area (Å²) in [6.45, 7) is 0.354. The highest BCUT2D eigenvalue weighted by atomic mass is 16.3. The van der Waals surface area contributed by atoms with E-state index < -0.39 is 0 Å². The number of aromatic nitrogens is 1. The van der Waals surface area contributed by atoms with Crippen LogP contribution in [0.4, 0.5) is 11.4 Å². The Kier molecular flexibility index (Phi) is 2.94. The van der Waals surface area contributed by atoms with Crippen LogP contribution in [0.2, 0.25) is 0 Å². The van der Waals surface area contributed by atoms with Gasteiger partial charge in [-0.1, -0.05) is 24.3 Å². The minimum Gasteiger partial charge on any atom is -0.508 e. The molecule has 0 unspecified atom stereocenters. The van der Waals surface area contributed by atoms with Crippen molar-refractivity contribution in [1.82, 2.24) is 4.98 Å². The molecule has 5 heteroatoms. The molecule has 1 aliphatic heterocycles. The van der Waals surface area contributed by atoms with Crippen molar-refractivity contribution in [2.24, 2.45) is 0 Å². The minimum absolute atomic E-state index is 0.0482. The summed E-state index contributed by atoms with van der Waals surface area (Å²) in [4.78, 5) is 18.6. The van der Waals surface area contributed by atoms with E-state index in [0.29, 0.717) is 17.9 Å². The van der Waals surface area contributed by atoms with Crippen LogP contribution in [0, 0.1) is 0 Å². The lowest BCUT2D eigenvalue weighted by atomic mass is 10.00. The molecular formula is C18H15N3O2. The predicted octanol–water partition coefficient (Wildman–Crippen LogP) is 2.61. The highest BCUT2D eigenvalue weighted by Crippen LogP contribution is 2.35. The summed E-state index contributed by atoms with van der Waals surface area (Å²) >= 11 is 0. The normalized spacial score (nSPS) is 14.1. The van der Waals surface area contributed by atoms with Crippen LogP contribution in [0.25, 0.3) is 10.8 Å². The lowest BCUT2D eigenvalue weighted by Gasteiger charge is -2.29. The maximum Gasteiger partial charge on any atom is 0.231 e. The largest absolute Gasteiger partial charge is 0.508 e. The van der Waals surface area contributed by atoms with Crippen LogP contribution in [0.15, 0.2) is 48.7 Å². The summed E-state index contributed by atoms with van der Waals surface area (Å²) in [5.74, 6) is 0.0887. The van der Waals surface area contributed by atoms with Gasteiger partial charge in [-0.2, -0.15) is 0 Å². The maximum absolute atomic E-state index is 12.6. The number of fused-ring (bicyclic) bond motifs is 2. The fourth-order valence-corrected chi connectivity index (χ4v) is 3.10. The number of carbonyl (C=O) groups excluding carboxylic acids is 1. The number of phenols is 1. The van der Waals surface area contributed by atoms with E-state index in [-0.39, 0.29) is 18.1 Å². The molecule has 23 heavy (non-hydrogen) atoms. The molecule has 1 aromatic heterocycles. The number of rotatable bonds is 1. The van der Waals surface area contributed by atoms with Crippen LogP contribution in [0.5, 0.6) is 5.75 Å². The topological polar surface area (TPSA) is 79.5 Å². The third-order valence-electron chi connectivity index (χ3n) is 4.23. The number of nitrogen functional groups attached to an aromatic ring is 1. The average Bonchev–Trinajstić information content (AvgIpc) is 2.54. The maximum atomic E-state index is 12.6. The van der Waals surface area contributed by atoms with E-state index in [1.54, 1.807) is 29.3 Å². The van der Waals surface area contributed by atoms with Gasteiger partial charge in [0.05, 0.1) is 24.3 Å². The number of anilines is 2. The highest BCUT2D eigenvalue weighted by molar-refractivity contribution is 6.06. The molecule has 0 fully saturated rings. The van der Waals surface area contributed by atoms with Gasteiger partial charge >= 0.3 is 0 Å². The Bertz CT molecular complexity index is 937. The predicted molar refractivity (Wildman–Crippen MR) is 89.2 cm³/mol. The van der Waals surface area contributed by atoms with Gasteiger partial charge in [-0.3, -0.25) is 9.78 Å². The molecule has 2 heterocycles. The van der Waals surface area contributed by atoms with E-state index in [0.717, 1.165) is 22.0 Å². The molecule has 0 saturated carbocycles. The van der Waals surface area contributed by atoms with Crippen molar-refractivity contribution < 1.29 is 9.90 Å². The Hall–Kier alpha value is -3.08. The van der Waals surface area contributed by atoms with Gasteiger partial charge in [0.2, 0.25) is 5.91 Å². The molecule has 1 aliphatic rings. The standard InChI is InChI=1S/C18H15N3O2/c19-15-5-6-20-16-10-21(18(23)9-14(15)16)17-8-12(22)7-11-3-1-2-4-13(11)17/h1-8,22H,9-10H2,(H2,19,20). The molecule has 0 radical (unpaired) electrons. The first-order valence-corrected chi connectivity index (χ1v) is 7.38. The lowest BCUT2D eigenvalue weighted by molar-refractivity contribution is -0.118. The first-order chi connectivity index (χ1) is 11.1. The molecular weight excluding hydrogens is 290 g/mol. The summed E-state index contributed by atoms with van der Waals surface area (Å²) in [6, 6.07) is 12.7. The molecule has 114 valence electrons. The summed E-state index contributed by atoms with van der Waals surface area (Å²) in [7, 11) is 0. The zero-order valence-electron chi connectivity index (χ0n) is 12.4. The molecule has 0 atom stereocenters. The minimum atomic E-state index is -0.0482. The molecule has 0 bridgehead atoms. The smallest absolute Gasteiger partial charge is 0.231 e. The van der Waals surface area contributed by atoms with E-state index in [9.17, 15) is 9.90 Å². The van der Waals surface area contributed by atoms with Crippen LogP contribution in [0.1, 0.15) is 11.3 Å². The highest BCUT2D eigenvalue weighted by Gasteiger charge is 2.27. The monoisotopic (exact) mass is 305 g/mol. The number of nitrogens with zero attached hydrogens (tertiary/aromatic N) is 2. The first-order valence-electron chi connectivity index (χ1n) is 7.38. The molecule has 4 rings (SSSR count). The number of carbonyl (C=O) groups is 1. The Morgan fingerprint density at radius 2 is 2.00 bits per heavy atom. The number of nitrogens with two attached hydrogens (primary N) is 1. The molecule has 0 aliphatic carbocycles. The number of phenolic OH excluding ortho intramolecular Hbond substituents is 1. The van der Waals surface area contributed by atoms with Crippen molar-refractivity contribution >= 4 is 28.1 Å². The zero-order chi connectivity index (χ0) is 16.0. The quantitative estimate of drug-likeness (QED) is 0.724. The number of hydrogen-bond donors (Lipinski definition) is 2. The summed E-state index contributed by atoms with van der Waals surface area (Å²) in [5, 5.41) is 11.8. The van der Waals surface area contributed by atoms with E-state index >= 15 is 0 Å². The van der Waals surface area contributed by atoms with Crippen molar-refractivity contribution in [3.8, 4) is 5.75 Å². The van der Waals surface area contributed by atoms with Gasteiger partial charge in [-0.25, -0.2) is 0 Å². The molecule has 3 N–H and O–H groups in total. The number of aromatic hydroxyl groups is 1. The molecule has 2 aromatic carbocycles.